The molecule has 29 heavy (non-hydrogen) atoms. The monoisotopic (exact) mass is 393 g/mol. The highest BCUT2D eigenvalue weighted by Gasteiger charge is 2.10. The first-order valence-electron chi connectivity index (χ1n) is 9.50. The number of ether oxygens (including phenoxy) is 2. The maximum absolute atomic E-state index is 11.9. The number of rotatable bonds is 9. The zero-order valence-electron chi connectivity index (χ0n) is 17.1. The van der Waals surface area contributed by atoms with Gasteiger partial charge in [0.05, 0.1) is 7.11 Å². The predicted molar refractivity (Wildman–Crippen MR) is 113 cm³/mol. The molecular weight excluding hydrogens is 366 g/mol. The van der Waals surface area contributed by atoms with Crippen LogP contribution in [0.1, 0.15) is 27.3 Å². The van der Waals surface area contributed by atoms with E-state index >= 15 is 0 Å². The summed E-state index contributed by atoms with van der Waals surface area (Å²) in [5.74, 6) is 1.39. The third-order valence-corrected chi connectivity index (χ3v) is 4.49. The highest BCUT2D eigenvalue weighted by Crippen LogP contribution is 2.28. The minimum absolute atomic E-state index is 0.0351. The number of methoxy groups -OCH3 is 1. The van der Waals surface area contributed by atoms with Crippen molar-refractivity contribution in [3.05, 3.63) is 83.2 Å². The van der Waals surface area contributed by atoms with Gasteiger partial charge in [-0.1, -0.05) is 36.4 Å². The average Bonchev–Trinajstić information content (AvgIpc) is 3.21. The van der Waals surface area contributed by atoms with Crippen LogP contribution in [0, 0.1) is 0 Å². The van der Waals surface area contributed by atoms with Gasteiger partial charge in [0.1, 0.15) is 12.3 Å². The molecule has 1 heterocycles. The van der Waals surface area contributed by atoms with Crippen LogP contribution in [0.4, 0.5) is 0 Å². The molecule has 0 saturated heterocycles. The number of nitrogens with one attached hydrogen (secondary N) is 2. The van der Waals surface area contributed by atoms with Crippen LogP contribution in [0.15, 0.2) is 60.7 Å². The SMILES string of the molecule is COc1cc(CNCc2ccc(C(=O)N(C)C)[nH]2)ccc1OCc1ccccc1. The Bertz CT molecular complexity index is 936. The molecule has 3 rings (SSSR count). The summed E-state index contributed by atoms with van der Waals surface area (Å²) in [7, 11) is 5.12. The van der Waals surface area contributed by atoms with Crippen LogP contribution in [0.2, 0.25) is 0 Å². The van der Waals surface area contributed by atoms with Crippen LogP contribution >= 0.6 is 0 Å². The van der Waals surface area contributed by atoms with E-state index in [2.05, 4.69) is 10.3 Å². The Morgan fingerprint density at radius 2 is 1.76 bits per heavy atom. The zero-order valence-corrected chi connectivity index (χ0v) is 17.1. The van der Waals surface area contributed by atoms with E-state index in [1.807, 2.05) is 54.6 Å². The number of carbonyl (C=O) groups excluding carboxylic acids is 1. The largest absolute Gasteiger partial charge is 0.493 e. The molecule has 0 bridgehead atoms. The standard InChI is InChI=1S/C23H27N3O3/c1-26(2)23(27)20-11-10-19(25-20)15-24-14-18-9-12-21(22(13-18)28-3)29-16-17-7-5-4-6-8-17/h4-13,24-25H,14-16H2,1-3H3. The summed E-state index contributed by atoms with van der Waals surface area (Å²) < 4.78 is 11.4. The summed E-state index contributed by atoms with van der Waals surface area (Å²) in [6.45, 7) is 1.80. The van der Waals surface area contributed by atoms with Gasteiger partial charge in [-0.25, -0.2) is 0 Å². The van der Waals surface area contributed by atoms with E-state index < -0.39 is 0 Å². The normalized spacial score (nSPS) is 10.6. The Labute approximate surface area is 171 Å². The smallest absolute Gasteiger partial charge is 0.269 e. The summed E-state index contributed by atoms with van der Waals surface area (Å²) in [6, 6.07) is 19.7. The van der Waals surface area contributed by atoms with E-state index in [4.69, 9.17) is 9.47 Å². The second-order valence-corrected chi connectivity index (χ2v) is 6.96. The third kappa shape index (κ3) is 5.62. The molecule has 6 nitrogen and oxygen atoms in total. The topological polar surface area (TPSA) is 66.6 Å². The van der Waals surface area contributed by atoms with E-state index in [1.54, 1.807) is 32.2 Å². The summed E-state index contributed by atoms with van der Waals surface area (Å²) >= 11 is 0. The van der Waals surface area contributed by atoms with Gasteiger partial charge in [0.15, 0.2) is 11.5 Å². The molecule has 0 aliphatic carbocycles. The van der Waals surface area contributed by atoms with Crippen molar-refractivity contribution >= 4 is 5.91 Å². The predicted octanol–water partition coefficient (Wildman–Crippen LogP) is 3.59. The second kappa shape index (κ2) is 9.80. The summed E-state index contributed by atoms with van der Waals surface area (Å²) in [6.07, 6.45) is 0. The van der Waals surface area contributed by atoms with Gasteiger partial charge < -0.3 is 24.7 Å². The van der Waals surface area contributed by atoms with Crippen LogP contribution in [-0.4, -0.2) is 37.0 Å². The molecule has 0 aliphatic rings. The number of amides is 1. The fourth-order valence-corrected chi connectivity index (χ4v) is 2.93. The van der Waals surface area contributed by atoms with Gasteiger partial charge in [0.25, 0.3) is 5.91 Å². The molecule has 1 amide bonds. The van der Waals surface area contributed by atoms with E-state index in [1.165, 1.54) is 0 Å². The molecule has 3 aromatic rings. The van der Waals surface area contributed by atoms with Crippen molar-refractivity contribution in [3.63, 3.8) is 0 Å². The Hall–Kier alpha value is -3.25. The Balaban J connectivity index is 1.54. The maximum atomic E-state index is 11.9. The summed E-state index contributed by atoms with van der Waals surface area (Å²) in [5.41, 5.74) is 3.75. The molecule has 0 aliphatic heterocycles. The number of hydrogen-bond donors (Lipinski definition) is 2. The van der Waals surface area contributed by atoms with Crippen molar-refractivity contribution in [1.29, 1.82) is 0 Å². The first-order chi connectivity index (χ1) is 14.1. The second-order valence-electron chi connectivity index (χ2n) is 6.96. The molecule has 2 aromatic carbocycles. The van der Waals surface area contributed by atoms with Crippen LogP contribution in [0.5, 0.6) is 11.5 Å². The quantitative estimate of drug-likeness (QED) is 0.583. The Morgan fingerprint density at radius 1 is 0.966 bits per heavy atom. The van der Waals surface area contributed by atoms with Gasteiger partial charge in [-0.05, 0) is 35.4 Å². The lowest BCUT2D eigenvalue weighted by Gasteiger charge is -2.13. The lowest BCUT2D eigenvalue weighted by atomic mass is 10.2. The van der Waals surface area contributed by atoms with E-state index in [-0.39, 0.29) is 5.91 Å². The first-order valence-corrected chi connectivity index (χ1v) is 9.50. The number of hydrogen-bond acceptors (Lipinski definition) is 4. The molecule has 0 fully saturated rings. The van der Waals surface area contributed by atoms with Gasteiger partial charge in [-0.2, -0.15) is 0 Å². The number of benzene rings is 2. The maximum Gasteiger partial charge on any atom is 0.269 e. The van der Waals surface area contributed by atoms with Gasteiger partial charge in [0.2, 0.25) is 0 Å². The molecule has 2 N–H and O–H groups in total. The lowest BCUT2D eigenvalue weighted by molar-refractivity contribution is 0.0822. The molecule has 0 unspecified atom stereocenters. The minimum Gasteiger partial charge on any atom is -0.493 e. The van der Waals surface area contributed by atoms with Crippen molar-refractivity contribution in [2.75, 3.05) is 21.2 Å². The fraction of sp³-hybridized carbons (Fsp3) is 0.261. The lowest BCUT2D eigenvalue weighted by Crippen LogP contribution is -2.22. The summed E-state index contributed by atoms with van der Waals surface area (Å²) in [4.78, 5) is 16.6. The summed E-state index contributed by atoms with van der Waals surface area (Å²) in [5, 5.41) is 3.38. The van der Waals surface area contributed by atoms with E-state index in [9.17, 15) is 4.79 Å². The number of H-pyrrole nitrogens is 1. The van der Waals surface area contributed by atoms with Crippen LogP contribution in [0.3, 0.4) is 0 Å². The van der Waals surface area contributed by atoms with Crippen molar-refractivity contribution in [3.8, 4) is 11.5 Å². The van der Waals surface area contributed by atoms with Gasteiger partial charge >= 0.3 is 0 Å². The van der Waals surface area contributed by atoms with Crippen molar-refractivity contribution in [1.82, 2.24) is 15.2 Å². The van der Waals surface area contributed by atoms with Crippen molar-refractivity contribution in [2.45, 2.75) is 19.7 Å². The molecular formula is C23H27N3O3. The van der Waals surface area contributed by atoms with Gasteiger partial charge in [-0.3, -0.25) is 4.79 Å². The van der Waals surface area contributed by atoms with Crippen LogP contribution in [0.25, 0.3) is 0 Å². The Kier molecular flexibility index (Phi) is 6.92. The van der Waals surface area contributed by atoms with Crippen molar-refractivity contribution in [2.24, 2.45) is 0 Å². The minimum atomic E-state index is -0.0351. The molecule has 0 saturated carbocycles. The Morgan fingerprint density at radius 3 is 2.48 bits per heavy atom. The molecule has 1 aromatic heterocycles. The highest BCUT2D eigenvalue weighted by atomic mass is 16.5. The van der Waals surface area contributed by atoms with Gasteiger partial charge in [0, 0.05) is 32.9 Å². The molecule has 0 radical (unpaired) electrons. The van der Waals surface area contributed by atoms with Gasteiger partial charge in [-0.15, -0.1) is 0 Å². The zero-order chi connectivity index (χ0) is 20.6. The highest BCUT2D eigenvalue weighted by molar-refractivity contribution is 5.92. The number of aromatic nitrogens is 1. The van der Waals surface area contributed by atoms with Crippen LogP contribution in [-0.2, 0) is 19.7 Å². The number of carbonyl (C=O) groups is 1. The number of aromatic amines is 1. The molecule has 152 valence electrons. The molecule has 0 spiro atoms. The molecule has 6 heteroatoms. The van der Waals surface area contributed by atoms with Crippen molar-refractivity contribution < 1.29 is 14.3 Å². The number of nitrogens with zero attached hydrogens (tertiary/aromatic N) is 1. The third-order valence-electron chi connectivity index (χ3n) is 4.49. The molecule has 0 atom stereocenters. The first kappa shape index (κ1) is 20.5. The van der Waals surface area contributed by atoms with E-state index in [0.29, 0.717) is 31.1 Å². The average molecular weight is 393 g/mol. The fourth-order valence-electron chi connectivity index (χ4n) is 2.93. The van der Waals surface area contributed by atoms with Crippen LogP contribution < -0.4 is 14.8 Å². The van der Waals surface area contributed by atoms with E-state index in [0.717, 1.165) is 22.6 Å².